The summed E-state index contributed by atoms with van der Waals surface area (Å²) in [5, 5.41) is 0. The predicted molar refractivity (Wildman–Crippen MR) is 67.1 cm³/mol. The molecule has 0 aliphatic carbocycles. The van der Waals surface area contributed by atoms with E-state index in [-0.39, 0.29) is 5.75 Å². The van der Waals surface area contributed by atoms with Crippen molar-refractivity contribution in [2.75, 3.05) is 5.73 Å². The van der Waals surface area contributed by atoms with Crippen LogP contribution in [0, 0.1) is 6.92 Å². The molecule has 0 spiro atoms. The summed E-state index contributed by atoms with van der Waals surface area (Å²) in [6.45, 7) is 1.78. The zero-order chi connectivity index (χ0) is 14.0. The number of halogens is 3. The smallest absolute Gasteiger partial charge is 0.416 e. The van der Waals surface area contributed by atoms with Crippen LogP contribution in [0.15, 0.2) is 42.5 Å². The molecule has 100 valence electrons. The van der Waals surface area contributed by atoms with Gasteiger partial charge in [-0.15, -0.1) is 0 Å². The number of rotatable bonds is 2. The Bertz CT molecular complexity index is 573. The van der Waals surface area contributed by atoms with Crippen LogP contribution in [0.25, 0.3) is 0 Å². The summed E-state index contributed by atoms with van der Waals surface area (Å²) in [5.41, 5.74) is 6.14. The number of nitrogens with two attached hydrogens (primary N) is 1. The lowest BCUT2D eigenvalue weighted by Crippen LogP contribution is -2.04. The number of hydrogen-bond donors (Lipinski definition) is 1. The van der Waals surface area contributed by atoms with E-state index in [0.29, 0.717) is 11.4 Å². The predicted octanol–water partition coefficient (Wildman–Crippen LogP) is 4.39. The Morgan fingerprint density at radius 1 is 1.05 bits per heavy atom. The van der Waals surface area contributed by atoms with Crippen LogP contribution in [0.2, 0.25) is 0 Å². The van der Waals surface area contributed by atoms with Crippen molar-refractivity contribution in [1.29, 1.82) is 0 Å². The summed E-state index contributed by atoms with van der Waals surface area (Å²) >= 11 is 0. The molecule has 2 aromatic rings. The van der Waals surface area contributed by atoms with Crippen molar-refractivity contribution in [2.24, 2.45) is 0 Å². The number of anilines is 1. The first-order valence-corrected chi connectivity index (χ1v) is 5.58. The normalized spacial score (nSPS) is 11.4. The van der Waals surface area contributed by atoms with E-state index in [1.54, 1.807) is 25.1 Å². The number of benzene rings is 2. The summed E-state index contributed by atoms with van der Waals surface area (Å²) in [7, 11) is 0. The molecule has 0 amide bonds. The molecule has 0 unspecified atom stereocenters. The number of nitrogen functional groups attached to an aromatic ring is 1. The van der Waals surface area contributed by atoms with Gasteiger partial charge in [-0.3, -0.25) is 0 Å². The van der Waals surface area contributed by atoms with E-state index in [2.05, 4.69) is 0 Å². The topological polar surface area (TPSA) is 35.2 Å². The molecule has 0 radical (unpaired) electrons. The minimum Gasteiger partial charge on any atom is -0.455 e. The Labute approximate surface area is 108 Å². The van der Waals surface area contributed by atoms with Crippen molar-refractivity contribution >= 4 is 5.69 Å². The Kier molecular flexibility index (Phi) is 3.38. The first-order chi connectivity index (χ1) is 8.88. The Balaban J connectivity index is 2.34. The van der Waals surface area contributed by atoms with Gasteiger partial charge < -0.3 is 10.5 Å². The molecule has 0 aromatic heterocycles. The third-order valence-electron chi connectivity index (χ3n) is 2.62. The Morgan fingerprint density at radius 3 is 2.37 bits per heavy atom. The third kappa shape index (κ3) is 2.99. The van der Waals surface area contributed by atoms with Gasteiger partial charge in [-0.25, -0.2) is 0 Å². The molecule has 19 heavy (non-hydrogen) atoms. The molecule has 2 rings (SSSR count). The van der Waals surface area contributed by atoms with Crippen molar-refractivity contribution in [3.05, 3.63) is 53.6 Å². The molecular weight excluding hydrogens is 255 g/mol. The molecule has 2 aromatic carbocycles. The van der Waals surface area contributed by atoms with Crippen LogP contribution in [0.3, 0.4) is 0 Å². The largest absolute Gasteiger partial charge is 0.455 e. The first kappa shape index (κ1) is 13.3. The summed E-state index contributed by atoms with van der Waals surface area (Å²) in [4.78, 5) is 0. The Hall–Kier alpha value is -2.17. The number of aryl methyl sites for hydroxylation is 1. The fraction of sp³-hybridized carbons (Fsp3) is 0.143. The van der Waals surface area contributed by atoms with Crippen LogP contribution < -0.4 is 10.5 Å². The second-order valence-corrected chi connectivity index (χ2v) is 4.12. The number of para-hydroxylation sites is 1. The summed E-state index contributed by atoms with van der Waals surface area (Å²) in [6.07, 6.45) is -4.39. The monoisotopic (exact) mass is 267 g/mol. The fourth-order valence-corrected chi connectivity index (χ4v) is 1.67. The molecule has 0 atom stereocenters. The number of ether oxygens (including phenoxy) is 1. The maximum absolute atomic E-state index is 12.6. The number of alkyl halides is 3. The Morgan fingerprint density at radius 2 is 1.74 bits per heavy atom. The lowest BCUT2D eigenvalue weighted by atomic mass is 10.2. The van der Waals surface area contributed by atoms with Crippen LogP contribution in [0.4, 0.5) is 18.9 Å². The van der Waals surface area contributed by atoms with Gasteiger partial charge in [0.1, 0.15) is 5.75 Å². The molecule has 0 fully saturated rings. The van der Waals surface area contributed by atoms with Crippen LogP contribution in [-0.2, 0) is 6.18 Å². The third-order valence-corrected chi connectivity index (χ3v) is 2.62. The van der Waals surface area contributed by atoms with Crippen molar-refractivity contribution in [3.8, 4) is 11.5 Å². The average Bonchev–Trinajstić information content (AvgIpc) is 2.33. The zero-order valence-corrected chi connectivity index (χ0v) is 10.2. The van der Waals surface area contributed by atoms with Crippen LogP contribution in [0.1, 0.15) is 11.1 Å². The molecule has 0 aliphatic rings. The van der Waals surface area contributed by atoms with Crippen molar-refractivity contribution in [1.82, 2.24) is 0 Å². The van der Waals surface area contributed by atoms with Crippen LogP contribution in [0.5, 0.6) is 11.5 Å². The van der Waals surface area contributed by atoms with Gasteiger partial charge in [0.25, 0.3) is 0 Å². The van der Waals surface area contributed by atoms with E-state index < -0.39 is 11.7 Å². The van der Waals surface area contributed by atoms with E-state index in [0.717, 1.165) is 17.7 Å². The second-order valence-electron chi connectivity index (χ2n) is 4.12. The maximum atomic E-state index is 12.6. The lowest BCUT2D eigenvalue weighted by molar-refractivity contribution is -0.137. The molecule has 2 N–H and O–H groups in total. The lowest BCUT2D eigenvalue weighted by Gasteiger charge is -2.13. The van der Waals surface area contributed by atoms with Gasteiger partial charge in [-0.2, -0.15) is 13.2 Å². The van der Waals surface area contributed by atoms with Gasteiger partial charge in [-0.1, -0.05) is 18.2 Å². The molecule has 0 saturated heterocycles. The van der Waals surface area contributed by atoms with Crippen LogP contribution >= 0.6 is 0 Å². The highest BCUT2D eigenvalue weighted by atomic mass is 19.4. The highest BCUT2D eigenvalue weighted by Gasteiger charge is 2.30. The van der Waals surface area contributed by atoms with E-state index in [4.69, 9.17) is 10.5 Å². The average molecular weight is 267 g/mol. The quantitative estimate of drug-likeness (QED) is 0.819. The summed E-state index contributed by atoms with van der Waals surface area (Å²) in [6, 6.07) is 9.87. The second kappa shape index (κ2) is 4.84. The minimum atomic E-state index is -4.39. The molecular formula is C14H12F3NO. The molecule has 0 saturated carbocycles. The van der Waals surface area contributed by atoms with E-state index in [1.807, 2.05) is 0 Å². The van der Waals surface area contributed by atoms with E-state index >= 15 is 0 Å². The zero-order valence-electron chi connectivity index (χ0n) is 10.2. The van der Waals surface area contributed by atoms with E-state index in [9.17, 15) is 13.2 Å². The van der Waals surface area contributed by atoms with Gasteiger partial charge >= 0.3 is 6.18 Å². The molecule has 0 bridgehead atoms. The molecule has 0 heterocycles. The van der Waals surface area contributed by atoms with E-state index in [1.165, 1.54) is 12.1 Å². The van der Waals surface area contributed by atoms with Gasteiger partial charge in [-0.05, 0) is 36.8 Å². The van der Waals surface area contributed by atoms with Gasteiger partial charge in [0, 0.05) is 0 Å². The standard InChI is InChI=1S/C14H12F3NO/c1-9-4-2-7-12(18)13(9)19-11-6-3-5-10(8-11)14(15,16)17/h2-8H,18H2,1H3. The van der Waals surface area contributed by atoms with Gasteiger partial charge in [0.2, 0.25) is 0 Å². The fourth-order valence-electron chi connectivity index (χ4n) is 1.67. The first-order valence-electron chi connectivity index (χ1n) is 5.58. The maximum Gasteiger partial charge on any atom is 0.416 e. The SMILES string of the molecule is Cc1cccc(N)c1Oc1cccc(C(F)(F)F)c1. The van der Waals surface area contributed by atoms with Crippen molar-refractivity contribution in [3.63, 3.8) is 0 Å². The van der Waals surface area contributed by atoms with Crippen molar-refractivity contribution < 1.29 is 17.9 Å². The number of hydrogen-bond acceptors (Lipinski definition) is 2. The van der Waals surface area contributed by atoms with Crippen LogP contribution in [-0.4, -0.2) is 0 Å². The van der Waals surface area contributed by atoms with Gasteiger partial charge in [0.15, 0.2) is 5.75 Å². The summed E-state index contributed by atoms with van der Waals surface area (Å²) < 4.78 is 43.2. The highest BCUT2D eigenvalue weighted by Crippen LogP contribution is 2.35. The molecule has 5 heteroatoms. The summed E-state index contributed by atoms with van der Waals surface area (Å²) in [5.74, 6) is 0.484. The minimum absolute atomic E-state index is 0.107. The molecule has 0 aliphatic heterocycles. The van der Waals surface area contributed by atoms with Crippen molar-refractivity contribution in [2.45, 2.75) is 13.1 Å². The highest BCUT2D eigenvalue weighted by molar-refractivity contribution is 5.57. The molecule has 2 nitrogen and oxygen atoms in total. The van der Waals surface area contributed by atoms with Gasteiger partial charge in [0.05, 0.1) is 11.3 Å².